The van der Waals surface area contributed by atoms with Crippen LogP contribution in [0, 0.1) is 0 Å². The van der Waals surface area contributed by atoms with Crippen LogP contribution in [0.1, 0.15) is 31.7 Å². The fourth-order valence-electron chi connectivity index (χ4n) is 3.37. The summed E-state index contributed by atoms with van der Waals surface area (Å²) in [5.41, 5.74) is 1.37. The number of aliphatic imine (C=N–C) groups is 1. The molecule has 0 radical (unpaired) electrons. The highest BCUT2D eigenvalue weighted by Gasteiger charge is 2.18. The lowest BCUT2D eigenvalue weighted by Gasteiger charge is -2.34. The molecule has 0 amide bonds. The maximum atomic E-state index is 4.76. The summed E-state index contributed by atoms with van der Waals surface area (Å²) >= 11 is 1.75. The fourth-order valence-corrected chi connectivity index (χ4v) is 4.15. The van der Waals surface area contributed by atoms with Crippen molar-refractivity contribution in [1.82, 2.24) is 25.5 Å². The van der Waals surface area contributed by atoms with Crippen LogP contribution < -0.4 is 15.5 Å². The van der Waals surface area contributed by atoms with Crippen LogP contribution in [0.15, 0.2) is 40.3 Å². The van der Waals surface area contributed by atoms with E-state index in [2.05, 4.69) is 61.1 Å². The fraction of sp³-hybridized carbons (Fsp3) is 0.571. The van der Waals surface area contributed by atoms with Crippen LogP contribution in [0.25, 0.3) is 0 Å². The van der Waals surface area contributed by atoms with Crippen molar-refractivity contribution < 1.29 is 0 Å². The highest BCUT2D eigenvalue weighted by Crippen LogP contribution is 2.18. The van der Waals surface area contributed by atoms with Crippen LogP contribution in [-0.4, -0.2) is 73.2 Å². The number of anilines is 1. The first-order valence-electron chi connectivity index (χ1n) is 10.5. The van der Waals surface area contributed by atoms with Gasteiger partial charge in [0.25, 0.3) is 0 Å². The summed E-state index contributed by atoms with van der Waals surface area (Å²) in [6.45, 7) is 12.1. The maximum absolute atomic E-state index is 4.76. The molecule has 9 heteroatoms. The Morgan fingerprint density at radius 1 is 1.20 bits per heavy atom. The molecule has 7 nitrogen and oxygen atoms in total. The summed E-state index contributed by atoms with van der Waals surface area (Å²) in [6, 6.07) is 4.05. The summed E-state index contributed by atoms with van der Waals surface area (Å²) in [5, 5.41) is 11.2. The van der Waals surface area contributed by atoms with Crippen LogP contribution in [-0.2, 0) is 0 Å². The first-order chi connectivity index (χ1) is 14.3. The van der Waals surface area contributed by atoms with Gasteiger partial charge in [-0.05, 0) is 48.3 Å². The average molecular weight is 544 g/mol. The number of hydrogen-bond donors (Lipinski definition) is 2. The highest BCUT2D eigenvalue weighted by molar-refractivity contribution is 14.0. The summed E-state index contributed by atoms with van der Waals surface area (Å²) in [5.74, 6) is 2.21. The van der Waals surface area contributed by atoms with Crippen LogP contribution in [0.4, 0.5) is 5.95 Å². The molecule has 0 saturated carbocycles. The van der Waals surface area contributed by atoms with E-state index in [1.165, 1.54) is 5.56 Å². The van der Waals surface area contributed by atoms with E-state index in [4.69, 9.17) is 4.99 Å². The standard InChI is InChI=1S/C21H33N7S.HI/c1-3-22-20(26-16-18(2)19-6-15-29-17-19)23-9-5-10-27-11-13-28(14-12-27)21-24-7-4-8-25-21;/h4,6-8,15,17-18H,3,5,9-14,16H2,1-2H3,(H2,22,23,26);1H. The predicted octanol–water partition coefficient (Wildman–Crippen LogP) is 3.03. The van der Waals surface area contributed by atoms with Crippen molar-refractivity contribution in [2.75, 3.05) is 57.3 Å². The molecule has 3 heterocycles. The second-order valence-electron chi connectivity index (χ2n) is 7.34. The molecule has 0 aromatic carbocycles. The molecule has 0 spiro atoms. The van der Waals surface area contributed by atoms with Gasteiger partial charge in [0.2, 0.25) is 5.95 Å². The third-order valence-corrected chi connectivity index (χ3v) is 5.83. The van der Waals surface area contributed by atoms with Gasteiger partial charge in [0, 0.05) is 64.1 Å². The summed E-state index contributed by atoms with van der Waals surface area (Å²) in [4.78, 5) is 18.2. The number of nitrogens with one attached hydrogen (secondary N) is 2. The Morgan fingerprint density at radius 3 is 2.63 bits per heavy atom. The van der Waals surface area contributed by atoms with Gasteiger partial charge in [-0.15, -0.1) is 24.0 Å². The Hall–Kier alpha value is -1.46. The van der Waals surface area contributed by atoms with Gasteiger partial charge >= 0.3 is 0 Å². The molecule has 1 aliphatic rings. The van der Waals surface area contributed by atoms with Crippen LogP contribution in [0.5, 0.6) is 0 Å². The number of nitrogens with zero attached hydrogens (tertiary/aromatic N) is 5. The van der Waals surface area contributed by atoms with Gasteiger partial charge in [-0.3, -0.25) is 9.89 Å². The highest BCUT2D eigenvalue weighted by atomic mass is 127. The monoisotopic (exact) mass is 543 g/mol. The zero-order valence-electron chi connectivity index (χ0n) is 18.0. The predicted molar refractivity (Wildman–Crippen MR) is 137 cm³/mol. The number of guanidine groups is 1. The van der Waals surface area contributed by atoms with Crippen molar-refractivity contribution in [3.63, 3.8) is 0 Å². The average Bonchev–Trinajstić information content (AvgIpc) is 3.31. The van der Waals surface area contributed by atoms with Crippen molar-refractivity contribution in [3.8, 4) is 0 Å². The lowest BCUT2D eigenvalue weighted by Crippen LogP contribution is -2.47. The Kier molecular flexibility index (Phi) is 11.4. The molecule has 30 heavy (non-hydrogen) atoms. The maximum Gasteiger partial charge on any atom is 0.225 e. The van der Waals surface area contributed by atoms with Crippen molar-refractivity contribution >= 4 is 47.2 Å². The minimum Gasteiger partial charge on any atom is -0.357 e. The number of rotatable bonds is 9. The van der Waals surface area contributed by atoms with E-state index >= 15 is 0 Å². The molecule has 166 valence electrons. The minimum atomic E-state index is 0. The van der Waals surface area contributed by atoms with Gasteiger partial charge in [-0.2, -0.15) is 11.3 Å². The van der Waals surface area contributed by atoms with E-state index in [0.29, 0.717) is 5.92 Å². The number of halogens is 1. The molecule has 1 aliphatic heterocycles. The van der Waals surface area contributed by atoms with E-state index < -0.39 is 0 Å². The Balaban J connectivity index is 0.00000320. The molecule has 3 rings (SSSR count). The number of piperazine rings is 1. The molecule has 2 aromatic rings. The van der Waals surface area contributed by atoms with E-state index in [-0.39, 0.29) is 24.0 Å². The molecular formula is C21H34IN7S. The minimum absolute atomic E-state index is 0. The van der Waals surface area contributed by atoms with Crippen LogP contribution >= 0.6 is 35.3 Å². The Labute approximate surface area is 201 Å². The SMILES string of the molecule is CCNC(=NCC(C)c1ccsc1)NCCCN1CCN(c2ncccn2)CC1.I. The molecule has 1 unspecified atom stereocenters. The third kappa shape index (κ3) is 7.99. The molecular weight excluding hydrogens is 509 g/mol. The quantitative estimate of drug-likeness (QED) is 0.220. The summed E-state index contributed by atoms with van der Waals surface area (Å²) < 4.78 is 0. The zero-order chi connectivity index (χ0) is 20.3. The molecule has 2 N–H and O–H groups in total. The van der Waals surface area contributed by atoms with Crippen LogP contribution in [0.2, 0.25) is 0 Å². The van der Waals surface area contributed by atoms with Crippen molar-refractivity contribution in [2.45, 2.75) is 26.2 Å². The van der Waals surface area contributed by atoms with Crippen molar-refractivity contribution in [1.29, 1.82) is 0 Å². The number of aromatic nitrogens is 2. The second-order valence-corrected chi connectivity index (χ2v) is 8.12. The van der Waals surface area contributed by atoms with Gasteiger partial charge in [0.05, 0.1) is 0 Å². The van der Waals surface area contributed by atoms with Crippen molar-refractivity contribution in [2.24, 2.45) is 4.99 Å². The molecule has 0 bridgehead atoms. The Morgan fingerprint density at radius 2 is 1.97 bits per heavy atom. The second kappa shape index (κ2) is 13.8. The first-order valence-corrected chi connectivity index (χ1v) is 11.5. The first kappa shape index (κ1) is 24.8. The summed E-state index contributed by atoms with van der Waals surface area (Å²) in [6.07, 6.45) is 4.72. The third-order valence-electron chi connectivity index (χ3n) is 5.13. The molecule has 1 saturated heterocycles. The van der Waals surface area contributed by atoms with E-state index in [1.807, 2.05) is 18.5 Å². The van der Waals surface area contributed by atoms with E-state index in [9.17, 15) is 0 Å². The lowest BCUT2D eigenvalue weighted by atomic mass is 10.1. The number of thiophene rings is 1. The van der Waals surface area contributed by atoms with Gasteiger partial charge in [-0.25, -0.2) is 9.97 Å². The van der Waals surface area contributed by atoms with Gasteiger partial charge in [-0.1, -0.05) is 6.92 Å². The molecule has 1 atom stereocenters. The van der Waals surface area contributed by atoms with Gasteiger partial charge in [0.1, 0.15) is 0 Å². The van der Waals surface area contributed by atoms with Gasteiger partial charge in [0.15, 0.2) is 5.96 Å². The topological polar surface area (TPSA) is 68.7 Å². The molecule has 2 aromatic heterocycles. The normalized spacial score (nSPS) is 16.1. The lowest BCUT2D eigenvalue weighted by molar-refractivity contribution is 0.254. The van der Waals surface area contributed by atoms with Crippen molar-refractivity contribution in [3.05, 3.63) is 40.8 Å². The van der Waals surface area contributed by atoms with Crippen LogP contribution in [0.3, 0.4) is 0 Å². The molecule has 1 fully saturated rings. The largest absolute Gasteiger partial charge is 0.357 e. The van der Waals surface area contributed by atoms with E-state index in [1.54, 1.807) is 11.3 Å². The zero-order valence-corrected chi connectivity index (χ0v) is 21.1. The summed E-state index contributed by atoms with van der Waals surface area (Å²) in [7, 11) is 0. The number of hydrogen-bond acceptors (Lipinski definition) is 6. The van der Waals surface area contributed by atoms with E-state index in [0.717, 1.165) is 70.7 Å². The Bertz CT molecular complexity index is 718. The van der Waals surface area contributed by atoms with Gasteiger partial charge < -0.3 is 15.5 Å². The smallest absolute Gasteiger partial charge is 0.225 e. The molecule has 0 aliphatic carbocycles.